The van der Waals surface area contributed by atoms with Gasteiger partial charge in [0.15, 0.2) is 0 Å². The Bertz CT molecular complexity index is 532. The lowest BCUT2D eigenvalue weighted by atomic mass is 10.2. The summed E-state index contributed by atoms with van der Waals surface area (Å²) in [7, 11) is 0. The van der Waals surface area contributed by atoms with Crippen LogP contribution in [-0.4, -0.2) is 25.2 Å². The topological polar surface area (TPSA) is 52.6 Å². The van der Waals surface area contributed by atoms with Gasteiger partial charge in [-0.25, -0.2) is 9.59 Å². The Hall–Kier alpha value is 0.0900. The quantitative estimate of drug-likeness (QED) is 0.220. The van der Waals surface area contributed by atoms with E-state index in [1.807, 2.05) is 12.1 Å². The second-order valence-corrected chi connectivity index (χ2v) is 7.37. The zero-order valence-corrected chi connectivity index (χ0v) is 17.0. The van der Waals surface area contributed by atoms with Gasteiger partial charge in [-0.1, -0.05) is 6.58 Å². The van der Waals surface area contributed by atoms with Crippen molar-refractivity contribution in [3.05, 3.63) is 40.6 Å². The lowest BCUT2D eigenvalue weighted by molar-refractivity contribution is -0.140. The Morgan fingerprint density at radius 2 is 1.60 bits per heavy atom. The largest absolute Gasteiger partial charge is 0.459 e. The Labute approximate surface area is 158 Å². The van der Waals surface area contributed by atoms with E-state index in [1.165, 1.54) is 0 Å². The second kappa shape index (κ2) is 8.51. The van der Waals surface area contributed by atoms with Crippen molar-refractivity contribution >= 4 is 79.7 Å². The molecule has 0 unspecified atom stereocenters. The van der Waals surface area contributed by atoms with Crippen molar-refractivity contribution in [3.8, 4) is 0 Å². The van der Waals surface area contributed by atoms with Gasteiger partial charge in [0.05, 0.1) is 5.56 Å². The van der Waals surface area contributed by atoms with Gasteiger partial charge < -0.3 is 9.47 Å². The second-order valence-electron chi connectivity index (χ2n) is 3.80. The monoisotopic (exact) mass is 612 g/mol. The summed E-state index contributed by atoms with van der Waals surface area (Å²) in [5.74, 6) is -0.902. The van der Waals surface area contributed by atoms with Crippen LogP contribution in [0.25, 0.3) is 0 Å². The van der Waals surface area contributed by atoms with Crippen molar-refractivity contribution in [3.63, 3.8) is 0 Å². The highest BCUT2D eigenvalue weighted by Crippen LogP contribution is 2.23. The van der Waals surface area contributed by atoms with E-state index in [0.29, 0.717) is 11.1 Å². The van der Waals surface area contributed by atoms with Crippen LogP contribution >= 0.6 is 67.8 Å². The molecular formula is C13H11I3O4. The molecule has 0 aromatic heterocycles. The fourth-order valence-corrected chi connectivity index (χ4v) is 5.22. The molecule has 0 saturated carbocycles. The van der Waals surface area contributed by atoms with Gasteiger partial charge in [-0.3, -0.25) is 0 Å². The number of benzene rings is 1. The molecule has 1 aromatic rings. The van der Waals surface area contributed by atoms with Crippen LogP contribution in [0.4, 0.5) is 0 Å². The van der Waals surface area contributed by atoms with Gasteiger partial charge in [-0.2, -0.15) is 0 Å². The molecule has 0 bridgehead atoms. The van der Waals surface area contributed by atoms with Gasteiger partial charge in [-0.05, 0) is 86.8 Å². The third-order valence-corrected chi connectivity index (χ3v) is 4.43. The van der Waals surface area contributed by atoms with Crippen LogP contribution in [0, 0.1) is 10.7 Å². The Morgan fingerprint density at radius 1 is 1.10 bits per heavy atom. The molecule has 0 atom stereocenters. The van der Waals surface area contributed by atoms with E-state index in [4.69, 9.17) is 9.47 Å². The number of hydrogen-bond donors (Lipinski definition) is 0. The highest BCUT2D eigenvalue weighted by molar-refractivity contribution is 14.1. The van der Waals surface area contributed by atoms with Crippen LogP contribution < -0.4 is 0 Å². The van der Waals surface area contributed by atoms with E-state index < -0.39 is 11.9 Å². The molecule has 0 spiro atoms. The molecule has 0 amide bonds. The molecule has 0 radical (unpaired) electrons. The summed E-state index contributed by atoms with van der Waals surface area (Å²) in [6.45, 7) is 5.07. The van der Waals surface area contributed by atoms with Crippen molar-refractivity contribution in [1.29, 1.82) is 0 Å². The fourth-order valence-electron chi connectivity index (χ4n) is 1.20. The lowest BCUT2D eigenvalue weighted by Crippen LogP contribution is -2.16. The van der Waals surface area contributed by atoms with Crippen LogP contribution in [0.2, 0.25) is 0 Å². The summed E-state index contributed by atoms with van der Waals surface area (Å²) < 4.78 is 12.7. The van der Waals surface area contributed by atoms with Gasteiger partial charge in [-0.15, -0.1) is 0 Å². The van der Waals surface area contributed by atoms with Gasteiger partial charge in [0, 0.05) is 16.3 Å². The minimum atomic E-state index is -0.487. The Balaban J connectivity index is 2.56. The van der Waals surface area contributed by atoms with Gasteiger partial charge in [0.1, 0.15) is 13.2 Å². The van der Waals surface area contributed by atoms with E-state index in [1.54, 1.807) is 6.92 Å². The van der Waals surface area contributed by atoms with E-state index in [9.17, 15) is 9.59 Å². The predicted molar refractivity (Wildman–Crippen MR) is 101 cm³/mol. The fraction of sp³-hybridized carbons (Fsp3) is 0.231. The number of esters is 2. The van der Waals surface area contributed by atoms with E-state index in [2.05, 4.69) is 74.4 Å². The average Bonchev–Trinajstić information content (AvgIpc) is 2.32. The zero-order chi connectivity index (χ0) is 15.3. The molecule has 108 valence electrons. The molecule has 7 heteroatoms. The first-order valence-electron chi connectivity index (χ1n) is 5.47. The van der Waals surface area contributed by atoms with E-state index in [0.717, 1.165) is 10.7 Å². The van der Waals surface area contributed by atoms with Crippen molar-refractivity contribution in [2.24, 2.45) is 0 Å². The maximum Gasteiger partial charge on any atom is 0.340 e. The smallest absolute Gasteiger partial charge is 0.340 e. The number of hydrogen-bond acceptors (Lipinski definition) is 4. The molecule has 1 rings (SSSR count). The van der Waals surface area contributed by atoms with Gasteiger partial charge >= 0.3 is 11.9 Å². The van der Waals surface area contributed by atoms with Gasteiger partial charge in [0.2, 0.25) is 0 Å². The van der Waals surface area contributed by atoms with Gasteiger partial charge in [0.25, 0.3) is 0 Å². The number of carbonyl (C=O) groups excluding carboxylic acids is 2. The predicted octanol–water partition coefficient (Wildman–Crippen LogP) is 3.78. The average molecular weight is 612 g/mol. The minimum Gasteiger partial charge on any atom is -0.459 e. The molecule has 1 aromatic carbocycles. The number of carbonyl (C=O) groups is 2. The molecule has 0 aliphatic rings. The van der Waals surface area contributed by atoms with E-state index >= 15 is 0 Å². The maximum atomic E-state index is 12.0. The van der Waals surface area contributed by atoms with Crippen molar-refractivity contribution in [1.82, 2.24) is 0 Å². The molecule has 0 saturated heterocycles. The number of ether oxygens (including phenoxy) is 2. The molecule has 0 aliphatic carbocycles. The molecule has 0 N–H and O–H groups in total. The summed E-state index contributed by atoms with van der Waals surface area (Å²) in [4.78, 5) is 23.1. The SMILES string of the molecule is C=C(C)C(=O)OCCOC(=O)c1c(I)cc(I)cc1I. The summed E-state index contributed by atoms with van der Waals surface area (Å²) in [5.41, 5.74) is 0.857. The molecule has 0 fully saturated rings. The molecule has 4 nitrogen and oxygen atoms in total. The van der Waals surface area contributed by atoms with Crippen molar-refractivity contribution in [2.45, 2.75) is 6.92 Å². The number of halogens is 3. The molecule has 20 heavy (non-hydrogen) atoms. The molecule has 0 aliphatic heterocycles. The van der Waals surface area contributed by atoms with Crippen LogP contribution in [0.3, 0.4) is 0 Å². The summed E-state index contributed by atoms with van der Waals surface area (Å²) in [6.07, 6.45) is 0. The lowest BCUT2D eigenvalue weighted by Gasteiger charge is -2.09. The highest BCUT2D eigenvalue weighted by atomic mass is 127. The summed E-state index contributed by atoms with van der Waals surface area (Å²) in [6, 6.07) is 3.81. The normalized spacial score (nSPS) is 10.0. The first-order valence-corrected chi connectivity index (χ1v) is 8.71. The van der Waals surface area contributed by atoms with Crippen LogP contribution in [0.1, 0.15) is 17.3 Å². The zero-order valence-electron chi connectivity index (χ0n) is 10.5. The maximum absolute atomic E-state index is 12.0. The first kappa shape index (κ1) is 18.1. The third kappa shape index (κ3) is 5.47. The van der Waals surface area contributed by atoms with Crippen LogP contribution in [0.5, 0.6) is 0 Å². The van der Waals surface area contributed by atoms with Crippen LogP contribution in [0.15, 0.2) is 24.3 Å². The Morgan fingerprint density at radius 3 is 2.10 bits per heavy atom. The third-order valence-electron chi connectivity index (χ3n) is 2.11. The van der Waals surface area contributed by atoms with E-state index in [-0.39, 0.29) is 13.2 Å². The highest BCUT2D eigenvalue weighted by Gasteiger charge is 2.16. The Kier molecular flexibility index (Phi) is 7.72. The number of rotatable bonds is 5. The first-order chi connectivity index (χ1) is 9.32. The molecular weight excluding hydrogens is 601 g/mol. The minimum absolute atomic E-state index is 0.0228. The standard InChI is InChI=1S/C13H11I3O4/c1-7(2)12(17)19-3-4-20-13(18)11-9(15)5-8(14)6-10(11)16/h5-6H,1,3-4H2,2H3. The van der Waals surface area contributed by atoms with Crippen molar-refractivity contribution in [2.75, 3.05) is 13.2 Å². The summed E-state index contributed by atoms with van der Waals surface area (Å²) >= 11 is 6.39. The summed E-state index contributed by atoms with van der Waals surface area (Å²) in [5, 5.41) is 0. The van der Waals surface area contributed by atoms with Crippen molar-refractivity contribution < 1.29 is 19.1 Å². The van der Waals surface area contributed by atoms with Crippen LogP contribution in [-0.2, 0) is 14.3 Å². The molecule has 0 heterocycles.